The zero-order valence-electron chi connectivity index (χ0n) is 10.3. The minimum absolute atomic E-state index is 0.286. The van der Waals surface area contributed by atoms with Crippen LogP contribution in [0.1, 0.15) is 30.0 Å². The van der Waals surface area contributed by atoms with Gasteiger partial charge in [-0.2, -0.15) is 0 Å². The fourth-order valence-electron chi connectivity index (χ4n) is 1.80. The van der Waals surface area contributed by atoms with Crippen molar-refractivity contribution < 1.29 is 13.2 Å². The molecule has 0 fully saturated rings. The smallest absolute Gasteiger partial charge is 0.163 e. The molecule has 0 saturated heterocycles. The SMILES string of the molecule is Cc1ccc(CNC(C)c2cccc(F)c2F)o1. The first-order valence-corrected chi connectivity index (χ1v) is 5.80. The summed E-state index contributed by atoms with van der Waals surface area (Å²) in [5.41, 5.74) is 0.318. The van der Waals surface area contributed by atoms with Gasteiger partial charge in [-0.25, -0.2) is 8.78 Å². The van der Waals surface area contributed by atoms with Gasteiger partial charge in [0.2, 0.25) is 0 Å². The van der Waals surface area contributed by atoms with E-state index < -0.39 is 11.6 Å². The minimum atomic E-state index is -0.824. The number of hydrogen-bond acceptors (Lipinski definition) is 2. The summed E-state index contributed by atoms with van der Waals surface area (Å²) < 4.78 is 32.0. The maximum absolute atomic E-state index is 13.5. The van der Waals surface area contributed by atoms with Crippen molar-refractivity contribution in [2.75, 3.05) is 0 Å². The highest BCUT2D eigenvalue weighted by molar-refractivity contribution is 5.22. The van der Waals surface area contributed by atoms with Crippen molar-refractivity contribution in [2.24, 2.45) is 0 Å². The largest absolute Gasteiger partial charge is 0.465 e. The van der Waals surface area contributed by atoms with Gasteiger partial charge in [0.15, 0.2) is 11.6 Å². The lowest BCUT2D eigenvalue weighted by atomic mass is 10.1. The Morgan fingerprint density at radius 2 is 2.00 bits per heavy atom. The molecule has 1 N–H and O–H groups in total. The minimum Gasteiger partial charge on any atom is -0.465 e. The molecule has 0 aliphatic heterocycles. The van der Waals surface area contributed by atoms with Crippen LogP contribution in [0.3, 0.4) is 0 Å². The molecular weight excluding hydrogens is 236 g/mol. The molecule has 1 atom stereocenters. The van der Waals surface area contributed by atoms with Crippen LogP contribution in [0.25, 0.3) is 0 Å². The molecule has 1 unspecified atom stereocenters. The van der Waals surface area contributed by atoms with Crippen LogP contribution < -0.4 is 5.32 Å². The summed E-state index contributed by atoms with van der Waals surface area (Å²) in [6.07, 6.45) is 0. The Balaban J connectivity index is 2.03. The Bertz CT molecular complexity index is 536. The molecule has 2 nitrogen and oxygen atoms in total. The second kappa shape index (κ2) is 5.31. The predicted molar refractivity (Wildman–Crippen MR) is 65.1 cm³/mol. The fourth-order valence-corrected chi connectivity index (χ4v) is 1.80. The van der Waals surface area contributed by atoms with E-state index in [1.807, 2.05) is 19.1 Å². The number of hydrogen-bond donors (Lipinski definition) is 1. The Hall–Kier alpha value is -1.68. The van der Waals surface area contributed by atoms with E-state index in [0.29, 0.717) is 12.1 Å². The molecule has 18 heavy (non-hydrogen) atoms. The lowest BCUT2D eigenvalue weighted by Gasteiger charge is -2.14. The van der Waals surface area contributed by atoms with Gasteiger partial charge < -0.3 is 9.73 Å². The molecule has 0 aliphatic rings. The molecule has 0 aliphatic carbocycles. The Morgan fingerprint density at radius 1 is 1.22 bits per heavy atom. The van der Waals surface area contributed by atoms with Gasteiger partial charge in [0.25, 0.3) is 0 Å². The third-order valence-electron chi connectivity index (χ3n) is 2.83. The van der Waals surface area contributed by atoms with Gasteiger partial charge in [-0.05, 0) is 32.0 Å². The normalized spacial score (nSPS) is 12.7. The average Bonchev–Trinajstić information content (AvgIpc) is 2.76. The Kier molecular flexibility index (Phi) is 3.77. The first kappa shape index (κ1) is 12.8. The van der Waals surface area contributed by atoms with Crippen LogP contribution in [0.15, 0.2) is 34.7 Å². The topological polar surface area (TPSA) is 25.2 Å². The van der Waals surface area contributed by atoms with E-state index >= 15 is 0 Å². The second-order valence-electron chi connectivity index (χ2n) is 4.26. The molecule has 0 radical (unpaired) electrons. The van der Waals surface area contributed by atoms with Crippen molar-refractivity contribution >= 4 is 0 Å². The number of benzene rings is 1. The summed E-state index contributed by atoms with van der Waals surface area (Å²) in [5, 5.41) is 3.10. The number of rotatable bonds is 4. The van der Waals surface area contributed by atoms with E-state index in [-0.39, 0.29) is 6.04 Å². The molecule has 0 bridgehead atoms. The van der Waals surface area contributed by atoms with E-state index in [9.17, 15) is 8.78 Å². The highest BCUT2D eigenvalue weighted by atomic mass is 19.2. The van der Waals surface area contributed by atoms with E-state index in [4.69, 9.17) is 4.42 Å². The van der Waals surface area contributed by atoms with Crippen molar-refractivity contribution in [3.05, 3.63) is 59.1 Å². The maximum Gasteiger partial charge on any atom is 0.163 e. The van der Waals surface area contributed by atoms with Gasteiger partial charge in [0.05, 0.1) is 6.54 Å². The van der Waals surface area contributed by atoms with Crippen molar-refractivity contribution in [3.63, 3.8) is 0 Å². The van der Waals surface area contributed by atoms with Gasteiger partial charge >= 0.3 is 0 Å². The van der Waals surface area contributed by atoms with Crippen LogP contribution in [0.2, 0.25) is 0 Å². The first-order valence-electron chi connectivity index (χ1n) is 5.80. The van der Waals surface area contributed by atoms with Crippen LogP contribution >= 0.6 is 0 Å². The van der Waals surface area contributed by atoms with E-state index in [0.717, 1.165) is 17.6 Å². The lowest BCUT2D eigenvalue weighted by molar-refractivity contribution is 0.431. The lowest BCUT2D eigenvalue weighted by Crippen LogP contribution is -2.19. The van der Waals surface area contributed by atoms with Gasteiger partial charge in [-0.15, -0.1) is 0 Å². The summed E-state index contributed by atoms with van der Waals surface area (Å²) in [4.78, 5) is 0. The highest BCUT2D eigenvalue weighted by Gasteiger charge is 2.14. The maximum atomic E-state index is 13.5. The molecule has 2 rings (SSSR count). The predicted octanol–water partition coefficient (Wildman–Crippen LogP) is 3.72. The fraction of sp³-hybridized carbons (Fsp3) is 0.286. The zero-order chi connectivity index (χ0) is 13.1. The Morgan fingerprint density at radius 3 is 2.67 bits per heavy atom. The second-order valence-corrected chi connectivity index (χ2v) is 4.26. The summed E-state index contributed by atoms with van der Waals surface area (Å²) in [7, 11) is 0. The molecule has 96 valence electrons. The third kappa shape index (κ3) is 2.76. The van der Waals surface area contributed by atoms with Gasteiger partial charge in [0.1, 0.15) is 11.5 Å². The van der Waals surface area contributed by atoms with Gasteiger partial charge in [-0.1, -0.05) is 12.1 Å². The van der Waals surface area contributed by atoms with Crippen molar-refractivity contribution in [2.45, 2.75) is 26.4 Å². The molecule has 4 heteroatoms. The van der Waals surface area contributed by atoms with E-state index in [2.05, 4.69) is 5.32 Å². The van der Waals surface area contributed by atoms with Crippen LogP contribution in [-0.4, -0.2) is 0 Å². The van der Waals surface area contributed by atoms with Crippen molar-refractivity contribution in [3.8, 4) is 0 Å². The van der Waals surface area contributed by atoms with Crippen LogP contribution in [0, 0.1) is 18.6 Å². The summed E-state index contributed by atoms with van der Waals surface area (Å²) in [6, 6.07) is 7.63. The number of furan rings is 1. The van der Waals surface area contributed by atoms with E-state index in [1.165, 1.54) is 6.07 Å². The highest BCUT2D eigenvalue weighted by Crippen LogP contribution is 2.19. The molecule has 0 amide bonds. The molecule has 0 spiro atoms. The van der Waals surface area contributed by atoms with Crippen LogP contribution in [-0.2, 0) is 6.54 Å². The van der Waals surface area contributed by atoms with Crippen molar-refractivity contribution in [1.29, 1.82) is 0 Å². The molecule has 2 aromatic rings. The summed E-state index contributed by atoms with van der Waals surface area (Å²) in [6.45, 7) is 4.12. The monoisotopic (exact) mass is 251 g/mol. The van der Waals surface area contributed by atoms with Crippen LogP contribution in [0.4, 0.5) is 8.78 Å². The standard InChI is InChI=1S/C14H15F2NO/c1-9-6-7-11(18-9)8-17-10(2)12-4-3-5-13(15)14(12)16/h3-7,10,17H,8H2,1-2H3. The van der Waals surface area contributed by atoms with Gasteiger partial charge in [0, 0.05) is 11.6 Å². The summed E-state index contributed by atoms with van der Waals surface area (Å²) in [5.74, 6) is -0.0179. The van der Waals surface area contributed by atoms with E-state index in [1.54, 1.807) is 13.0 Å². The summed E-state index contributed by atoms with van der Waals surface area (Å²) >= 11 is 0. The van der Waals surface area contributed by atoms with Crippen molar-refractivity contribution in [1.82, 2.24) is 5.32 Å². The first-order chi connectivity index (χ1) is 8.58. The zero-order valence-corrected chi connectivity index (χ0v) is 10.3. The Labute approximate surface area is 105 Å². The number of aryl methyl sites for hydroxylation is 1. The third-order valence-corrected chi connectivity index (χ3v) is 2.83. The molecule has 0 saturated carbocycles. The molecular formula is C14H15F2NO. The molecule has 1 heterocycles. The molecule has 1 aromatic heterocycles. The average molecular weight is 251 g/mol. The number of nitrogens with one attached hydrogen (secondary N) is 1. The number of halogens is 2. The van der Waals surface area contributed by atoms with Gasteiger partial charge in [-0.3, -0.25) is 0 Å². The quantitative estimate of drug-likeness (QED) is 0.896. The molecule has 1 aromatic carbocycles. The van der Waals surface area contributed by atoms with Crippen LogP contribution in [0.5, 0.6) is 0 Å².